The summed E-state index contributed by atoms with van der Waals surface area (Å²) in [7, 11) is 1.78. The quantitative estimate of drug-likeness (QED) is 0.873. The van der Waals surface area contributed by atoms with Crippen molar-refractivity contribution in [2.75, 3.05) is 11.9 Å². The molecule has 3 heteroatoms. The van der Waals surface area contributed by atoms with E-state index in [1.54, 1.807) is 11.9 Å². The minimum atomic E-state index is -0.124. The average molecular weight is 234 g/mol. The van der Waals surface area contributed by atoms with Crippen molar-refractivity contribution in [3.05, 3.63) is 30.3 Å². The van der Waals surface area contributed by atoms with E-state index in [0.29, 0.717) is 6.42 Å². The molecule has 0 bridgehead atoms. The Morgan fingerprint density at radius 2 is 1.82 bits per heavy atom. The lowest BCUT2D eigenvalue weighted by molar-refractivity contribution is -0.119. The maximum Gasteiger partial charge on any atom is 0.228 e. The third-order valence-electron chi connectivity index (χ3n) is 3.02. The Hall–Kier alpha value is -1.35. The van der Waals surface area contributed by atoms with E-state index in [4.69, 9.17) is 5.73 Å². The van der Waals surface area contributed by atoms with Crippen LogP contribution >= 0.6 is 0 Å². The molecule has 0 saturated carbocycles. The zero-order chi connectivity index (χ0) is 13.1. The first-order valence-corrected chi connectivity index (χ1v) is 5.89. The summed E-state index contributed by atoms with van der Waals surface area (Å²) in [6.45, 7) is 6.15. The first-order valence-electron chi connectivity index (χ1n) is 5.89. The Kier molecular flexibility index (Phi) is 4.29. The number of nitrogens with two attached hydrogens (primary N) is 1. The number of hydrogen-bond donors (Lipinski definition) is 1. The van der Waals surface area contributed by atoms with Gasteiger partial charge in [-0.05, 0) is 17.5 Å². The second-order valence-electron chi connectivity index (χ2n) is 5.46. The number of carbonyl (C=O) groups excluding carboxylic acids is 1. The highest BCUT2D eigenvalue weighted by Crippen LogP contribution is 2.21. The number of amides is 1. The van der Waals surface area contributed by atoms with Crippen LogP contribution < -0.4 is 10.6 Å². The number of para-hydroxylation sites is 1. The summed E-state index contributed by atoms with van der Waals surface area (Å²) in [5.41, 5.74) is 6.87. The van der Waals surface area contributed by atoms with Crippen molar-refractivity contribution in [1.82, 2.24) is 0 Å². The number of carbonyl (C=O) groups is 1. The molecule has 0 spiro atoms. The van der Waals surface area contributed by atoms with Gasteiger partial charge in [0.15, 0.2) is 0 Å². The van der Waals surface area contributed by atoms with Crippen LogP contribution in [0.4, 0.5) is 5.69 Å². The molecule has 0 radical (unpaired) electrons. The third kappa shape index (κ3) is 3.86. The van der Waals surface area contributed by atoms with Crippen molar-refractivity contribution in [3.8, 4) is 0 Å². The molecule has 1 unspecified atom stereocenters. The fourth-order valence-corrected chi connectivity index (χ4v) is 1.43. The van der Waals surface area contributed by atoms with Gasteiger partial charge in [-0.2, -0.15) is 0 Å². The lowest BCUT2D eigenvalue weighted by Crippen LogP contribution is -2.40. The molecule has 0 saturated heterocycles. The average Bonchev–Trinajstić information content (AvgIpc) is 2.27. The molecule has 0 aliphatic rings. The van der Waals surface area contributed by atoms with E-state index in [0.717, 1.165) is 5.69 Å². The molecule has 0 heterocycles. The molecule has 2 N–H and O–H groups in total. The fraction of sp³-hybridized carbons (Fsp3) is 0.500. The largest absolute Gasteiger partial charge is 0.327 e. The summed E-state index contributed by atoms with van der Waals surface area (Å²) in [6, 6.07) is 9.48. The van der Waals surface area contributed by atoms with Gasteiger partial charge in [-0.15, -0.1) is 0 Å². The molecular weight excluding hydrogens is 212 g/mol. The van der Waals surface area contributed by atoms with Crippen LogP contribution in [0.2, 0.25) is 0 Å². The number of anilines is 1. The van der Waals surface area contributed by atoms with Crippen LogP contribution in [-0.2, 0) is 4.79 Å². The third-order valence-corrected chi connectivity index (χ3v) is 3.02. The predicted octanol–water partition coefficient (Wildman–Crippen LogP) is 2.41. The van der Waals surface area contributed by atoms with Crippen LogP contribution in [0.15, 0.2) is 30.3 Å². The van der Waals surface area contributed by atoms with Crippen molar-refractivity contribution in [2.24, 2.45) is 11.1 Å². The zero-order valence-electron chi connectivity index (χ0n) is 11.1. The van der Waals surface area contributed by atoms with Crippen LogP contribution in [0.5, 0.6) is 0 Å². The van der Waals surface area contributed by atoms with E-state index in [2.05, 4.69) is 0 Å². The Balaban J connectivity index is 2.66. The fourth-order valence-electron chi connectivity index (χ4n) is 1.43. The smallest absolute Gasteiger partial charge is 0.228 e. The topological polar surface area (TPSA) is 46.3 Å². The summed E-state index contributed by atoms with van der Waals surface area (Å²) >= 11 is 0. The van der Waals surface area contributed by atoms with Gasteiger partial charge in [-0.1, -0.05) is 39.0 Å². The van der Waals surface area contributed by atoms with Crippen LogP contribution in [0, 0.1) is 5.41 Å². The van der Waals surface area contributed by atoms with Crippen molar-refractivity contribution >= 4 is 11.6 Å². The lowest BCUT2D eigenvalue weighted by atomic mass is 9.85. The Bertz CT molecular complexity index is 368. The number of rotatable bonds is 3. The van der Waals surface area contributed by atoms with Gasteiger partial charge >= 0.3 is 0 Å². The van der Waals surface area contributed by atoms with Crippen LogP contribution in [0.3, 0.4) is 0 Å². The highest BCUT2D eigenvalue weighted by molar-refractivity contribution is 5.93. The minimum absolute atomic E-state index is 0.0484. The van der Waals surface area contributed by atoms with Crippen molar-refractivity contribution in [1.29, 1.82) is 0 Å². The van der Waals surface area contributed by atoms with E-state index in [9.17, 15) is 4.79 Å². The van der Waals surface area contributed by atoms with Gasteiger partial charge in [0, 0.05) is 25.2 Å². The summed E-state index contributed by atoms with van der Waals surface area (Å²) in [5, 5.41) is 0. The molecule has 0 aromatic heterocycles. The first-order chi connectivity index (χ1) is 7.82. The number of hydrogen-bond acceptors (Lipinski definition) is 2. The van der Waals surface area contributed by atoms with Crippen LogP contribution in [0.1, 0.15) is 27.2 Å². The SMILES string of the molecule is CN(C(=O)CC(N)C(C)(C)C)c1ccccc1. The maximum absolute atomic E-state index is 12.0. The molecule has 0 aliphatic carbocycles. The van der Waals surface area contributed by atoms with Crippen LogP contribution in [0.25, 0.3) is 0 Å². The van der Waals surface area contributed by atoms with Crippen molar-refractivity contribution in [3.63, 3.8) is 0 Å². The molecule has 1 aromatic carbocycles. The van der Waals surface area contributed by atoms with Gasteiger partial charge in [0.05, 0.1) is 0 Å². The zero-order valence-corrected chi connectivity index (χ0v) is 11.1. The van der Waals surface area contributed by atoms with Gasteiger partial charge in [0.25, 0.3) is 0 Å². The molecule has 1 atom stereocenters. The second kappa shape index (κ2) is 5.32. The van der Waals surface area contributed by atoms with Gasteiger partial charge in [-0.25, -0.2) is 0 Å². The number of nitrogens with zero attached hydrogens (tertiary/aromatic N) is 1. The number of benzene rings is 1. The highest BCUT2D eigenvalue weighted by atomic mass is 16.2. The second-order valence-corrected chi connectivity index (χ2v) is 5.46. The van der Waals surface area contributed by atoms with E-state index in [1.165, 1.54) is 0 Å². The first kappa shape index (κ1) is 13.7. The molecule has 0 aliphatic heterocycles. The Morgan fingerprint density at radius 1 is 1.29 bits per heavy atom. The van der Waals surface area contributed by atoms with Crippen molar-refractivity contribution < 1.29 is 4.79 Å². The van der Waals surface area contributed by atoms with Crippen molar-refractivity contribution in [2.45, 2.75) is 33.2 Å². The Labute approximate surface area is 104 Å². The molecular formula is C14H22N2O. The van der Waals surface area contributed by atoms with Gasteiger partial charge in [0.1, 0.15) is 0 Å². The molecule has 1 aromatic rings. The van der Waals surface area contributed by atoms with Gasteiger partial charge < -0.3 is 10.6 Å². The van der Waals surface area contributed by atoms with E-state index >= 15 is 0 Å². The van der Waals surface area contributed by atoms with E-state index in [1.807, 2.05) is 51.1 Å². The molecule has 17 heavy (non-hydrogen) atoms. The minimum Gasteiger partial charge on any atom is -0.327 e. The predicted molar refractivity (Wildman–Crippen MR) is 71.9 cm³/mol. The van der Waals surface area contributed by atoms with Crippen LogP contribution in [-0.4, -0.2) is 19.0 Å². The maximum atomic E-state index is 12.0. The summed E-state index contributed by atoms with van der Waals surface area (Å²) < 4.78 is 0. The molecule has 0 fully saturated rings. The van der Waals surface area contributed by atoms with Gasteiger partial charge in [-0.3, -0.25) is 4.79 Å². The molecule has 1 rings (SSSR count). The monoisotopic (exact) mass is 234 g/mol. The van der Waals surface area contributed by atoms with E-state index in [-0.39, 0.29) is 17.4 Å². The molecule has 94 valence electrons. The normalized spacial score (nSPS) is 13.2. The summed E-state index contributed by atoms with van der Waals surface area (Å²) in [4.78, 5) is 13.7. The summed E-state index contributed by atoms with van der Waals surface area (Å²) in [5.74, 6) is 0.0543. The summed E-state index contributed by atoms with van der Waals surface area (Å²) in [6.07, 6.45) is 0.370. The van der Waals surface area contributed by atoms with Gasteiger partial charge in [0.2, 0.25) is 5.91 Å². The standard InChI is InChI=1S/C14H22N2O/c1-14(2,3)12(15)10-13(17)16(4)11-8-6-5-7-9-11/h5-9,12H,10,15H2,1-4H3. The Morgan fingerprint density at radius 3 is 2.29 bits per heavy atom. The van der Waals surface area contributed by atoms with E-state index < -0.39 is 0 Å². The molecule has 1 amide bonds. The lowest BCUT2D eigenvalue weighted by Gasteiger charge is -2.28. The molecule has 3 nitrogen and oxygen atoms in total. The highest BCUT2D eigenvalue weighted by Gasteiger charge is 2.24.